The summed E-state index contributed by atoms with van der Waals surface area (Å²) in [6.45, 7) is 0. The molecular formula is C15H12Br3FO2. The number of alkyl halides is 1. The summed E-state index contributed by atoms with van der Waals surface area (Å²) in [5.74, 6) is 0.998. The summed E-state index contributed by atoms with van der Waals surface area (Å²) >= 11 is 10.2. The zero-order valence-corrected chi connectivity index (χ0v) is 16.1. The monoisotopic (exact) mass is 480 g/mol. The van der Waals surface area contributed by atoms with Gasteiger partial charge in [0.05, 0.1) is 28.0 Å². The van der Waals surface area contributed by atoms with E-state index in [0.29, 0.717) is 21.5 Å². The highest BCUT2D eigenvalue weighted by Gasteiger charge is 2.21. The molecule has 0 saturated heterocycles. The van der Waals surface area contributed by atoms with Crippen molar-refractivity contribution in [2.24, 2.45) is 0 Å². The van der Waals surface area contributed by atoms with Crippen LogP contribution in [0.3, 0.4) is 0 Å². The highest BCUT2D eigenvalue weighted by atomic mass is 79.9. The second-order valence-electron chi connectivity index (χ2n) is 4.23. The van der Waals surface area contributed by atoms with Gasteiger partial charge in [0.15, 0.2) is 0 Å². The summed E-state index contributed by atoms with van der Waals surface area (Å²) in [5.41, 5.74) is 1.31. The zero-order chi connectivity index (χ0) is 15.6. The molecule has 112 valence electrons. The normalized spacial score (nSPS) is 12.1. The number of ether oxygens (including phenoxy) is 2. The van der Waals surface area contributed by atoms with Gasteiger partial charge in [0, 0.05) is 11.1 Å². The van der Waals surface area contributed by atoms with Gasteiger partial charge in [0.2, 0.25) is 0 Å². The van der Waals surface area contributed by atoms with Gasteiger partial charge in [-0.1, -0.05) is 28.1 Å². The molecule has 0 radical (unpaired) electrons. The minimum atomic E-state index is -0.355. The Morgan fingerprint density at radius 1 is 0.952 bits per heavy atom. The van der Waals surface area contributed by atoms with Crippen molar-refractivity contribution in [1.82, 2.24) is 0 Å². The number of hydrogen-bond donors (Lipinski definition) is 0. The fraction of sp³-hybridized carbons (Fsp3) is 0.200. The summed E-state index contributed by atoms with van der Waals surface area (Å²) in [4.78, 5) is -0.355. The molecule has 2 rings (SSSR count). The SMILES string of the molecule is COc1cc(C(Br)c2cccc(Br)c2F)c(OC)cc1Br. The van der Waals surface area contributed by atoms with E-state index >= 15 is 0 Å². The lowest BCUT2D eigenvalue weighted by atomic mass is 10.0. The van der Waals surface area contributed by atoms with Crippen LogP contribution >= 0.6 is 47.8 Å². The highest BCUT2D eigenvalue weighted by Crippen LogP contribution is 2.43. The largest absolute Gasteiger partial charge is 0.496 e. The third-order valence-electron chi connectivity index (χ3n) is 3.03. The predicted molar refractivity (Wildman–Crippen MR) is 92.1 cm³/mol. The number of halogens is 4. The molecule has 0 aliphatic rings. The summed E-state index contributed by atoms with van der Waals surface area (Å²) in [6, 6.07) is 8.81. The highest BCUT2D eigenvalue weighted by molar-refractivity contribution is 9.11. The number of rotatable bonds is 4. The Hall–Kier alpha value is -0.590. The Labute approximate surface area is 148 Å². The van der Waals surface area contributed by atoms with Gasteiger partial charge in [-0.3, -0.25) is 0 Å². The second-order valence-corrected chi connectivity index (χ2v) is 6.86. The summed E-state index contributed by atoms with van der Waals surface area (Å²) in [6.07, 6.45) is 0. The maximum atomic E-state index is 14.3. The molecule has 0 bridgehead atoms. The van der Waals surface area contributed by atoms with Crippen LogP contribution in [0, 0.1) is 5.82 Å². The average Bonchev–Trinajstić information content (AvgIpc) is 2.49. The van der Waals surface area contributed by atoms with E-state index in [1.165, 1.54) is 0 Å². The Morgan fingerprint density at radius 2 is 1.62 bits per heavy atom. The van der Waals surface area contributed by atoms with Gasteiger partial charge >= 0.3 is 0 Å². The van der Waals surface area contributed by atoms with Gasteiger partial charge in [0.25, 0.3) is 0 Å². The van der Waals surface area contributed by atoms with Gasteiger partial charge in [-0.05, 0) is 50.1 Å². The minimum absolute atomic E-state index is 0.302. The number of methoxy groups -OCH3 is 2. The first kappa shape index (κ1) is 16.8. The first-order valence-electron chi connectivity index (χ1n) is 5.99. The Morgan fingerprint density at radius 3 is 2.24 bits per heavy atom. The van der Waals surface area contributed by atoms with E-state index in [0.717, 1.165) is 10.0 Å². The van der Waals surface area contributed by atoms with Crippen LogP contribution in [-0.4, -0.2) is 14.2 Å². The van der Waals surface area contributed by atoms with Gasteiger partial charge in [-0.15, -0.1) is 0 Å². The van der Waals surface area contributed by atoms with Crippen LogP contribution in [0.15, 0.2) is 39.3 Å². The van der Waals surface area contributed by atoms with E-state index in [1.807, 2.05) is 6.07 Å². The van der Waals surface area contributed by atoms with Crippen molar-refractivity contribution in [3.05, 3.63) is 56.2 Å². The van der Waals surface area contributed by atoms with Crippen molar-refractivity contribution in [3.63, 3.8) is 0 Å². The van der Waals surface area contributed by atoms with Crippen molar-refractivity contribution in [2.75, 3.05) is 14.2 Å². The molecule has 2 aromatic carbocycles. The summed E-state index contributed by atoms with van der Waals surface area (Å²) in [5, 5.41) is 0. The second kappa shape index (κ2) is 7.11. The molecule has 0 aliphatic heterocycles. The Bertz CT molecular complexity index is 662. The molecule has 0 N–H and O–H groups in total. The van der Waals surface area contributed by atoms with Crippen LogP contribution in [0.5, 0.6) is 11.5 Å². The zero-order valence-electron chi connectivity index (χ0n) is 11.3. The third-order valence-corrected chi connectivity index (χ3v) is 5.25. The van der Waals surface area contributed by atoms with E-state index in [9.17, 15) is 4.39 Å². The van der Waals surface area contributed by atoms with E-state index in [2.05, 4.69) is 47.8 Å². The van der Waals surface area contributed by atoms with Gasteiger partial charge < -0.3 is 9.47 Å². The summed E-state index contributed by atoms with van der Waals surface area (Å²) in [7, 11) is 3.16. The molecule has 0 aliphatic carbocycles. The summed E-state index contributed by atoms with van der Waals surface area (Å²) < 4.78 is 26.2. The van der Waals surface area contributed by atoms with Gasteiger partial charge in [-0.2, -0.15) is 0 Å². The lowest BCUT2D eigenvalue weighted by Crippen LogP contribution is -2.01. The van der Waals surface area contributed by atoms with Crippen molar-refractivity contribution < 1.29 is 13.9 Å². The molecule has 1 atom stereocenters. The van der Waals surface area contributed by atoms with E-state index < -0.39 is 0 Å². The lowest BCUT2D eigenvalue weighted by Gasteiger charge is -2.18. The third kappa shape index (κ3) is 3.43. The average molecular weight is 483 g/mol. The number of hydrogen-bond acceptors (Lipinski definition) is 2. The van der Waals surface area contributed by atoms with Crippen molar-refractivity contribution in [2.45, 2.75) is 4.83 Å². The van der Waals surface area contributed by atoms with Crippen molar-refractivity contribution in [3.8, 4) is 11.5 Å². The van der Waals surface area contributed by atoms with Crippen LogP contribution in [0.25, 0.3) is 0 Å². The van der Waals surface area contributed by atoms with Crippen molar-refractivity contribution in [1.29, 1.82) is 0 Å². The molecular weight excluding hydrogens is 471 g/mol. The quantitative estimate of drug-likeness (QED) is 0.509. The molecule has 21 heavy (non-hydrogen) atoms. The topological polar surface area (TPSA) is 18.5 Å². The molecule has 1 unspecified atom stereocenters. The van der Waals surface area contributed by atoms with E-state index in [4.69, 9.17) is 9.47 Å². The maximum absolute atomic E-state index is 14.3. The predicted octanol–water partition coefficient (Wildman–Crippen LogP) is 5.85. The van der Waals surface area contributed by atoms with Crippen LogP contribution in [0.1, 0.15) is 16.0 Å². The fourth-order valence-corrected chi connectivity index (χ4v) is 3.54. The van der Waals surface area contributed by atoms with Crippen LogP contribution in [-0.2, 0) is 0 Å². The first-order chi connectivity index (χ1) is 9.99. The van der Waals surface area contributed by atoms with Crippen LogP contribution < -0.4 is 9.47 Å². The molecule has 0 heterocycles. The molecule has 2 nitrogen and oxygen atoms in total. The smallest absolute Gasteiger partial charge is 0.142 e. The molecule has 0 amide bonds. The van der Waals surface area contributed by atoms with E-state index in [1.54, 1.807) is 38.5 Å². The number of benzene rings is 2. The molecule has 0 saturated carbocycles. The maximum Gasteiger partial charge on any atom is 0.142 e. The Kier molecular flexibility index (Phi) is 5.68. The van der Waals surface area contributed by atoms with Crippen LogP contribution in [0.2, 0.25) is 0 Å². The molecule has 0 aromatic heterocycles. The van der Waals surface area contributed by atoms with E-state index in [-0.39, 0.29) is 10.6 Å². The first-order valence-corrected chi connectivity index (χ1v) is 8.49. The minimum Gasteiger partial charge on any atom is -0.496 e. The van der Waals surface area contributed by atoms with Gasteiger partial charge in [0.1, 0.15) is 17.3 Å². The molecule has 0 fully saturated rings. The molecule has 6 heteroatoms. The molecule has 2 aromatic rings. The van der Waals surface area contributed by atoms with Crippen molar-refractivity contribution >= 4 is 47.8 Å². The standard InChI is InChI=1S/C15H12Br3FO2/c1-20-12-7-11(17)13(21-2)6-9(12)14(18)8-4-3-5-10(16)15(8)19/h3-7,14H,1-2H3. The van der Waals surface area contributed by atoms with Crippen LogP contribution in [0.4, 0.5) is 4.39 Å². The molecule has 0 spiro atoms. The van der Waals surface area contributed by atoms with Gasteiger partial charge in [-0.25, -0.2) is 4.39 Å². The fourth-order valence-electron chi connectivity index (χ4n) is 1.97. The Balaban J connectivity index is 2.56. The lowest BCUT2D eigenvalue weighted by molar-refractivity contribution is 0.397.